The molecular weight excluding hydrogens is 442 g/mol. The molecule has 0 aliphatic rings. The Morgan fingerprint density at radius 1 is 1.06 bits per heavy atom. The van der Waals surface area contributed by atoms with Crippen LogP contribution in [0.4, 0.5) is 5.69 Å². The van der Waals surface area contributed by atoms with Crippen molar-refractivity contribution in [1.82, 2.24) is 10.3 Å². The summed E-state index contributed by atoms with van der Waals surface area (Å²) >= 11 is 5.26. The van der Waals surface area contributed by atoms with Crippen LogP contribution in [0.15, 0.2) is 59.0 Å². The summed E-state index contributed by atoms with van der Waals surface area (Å²) in [5.74, 6) is 0.461. The molecule has 9 heteroatoms. The van der Waals surface area contributed by atoms with Gasteiger partial charge in [-0.1, -0.05) is 12.1 Å². The number of phenols is 1. The third-order valence-electron chi connectivity index (χ3n) is 4.91. The molecule has 0 spiro atoms. The fourth-order valence-electron chi connectivity index (χ4n) is 3.35. The van der Waals surface area contributed by atoms with E-state index < -0.39 is 5.91 Å². The average molecular weight is 464 g/mol. The summed E-state index contributed by atoms with van der Waals surface area (Å²) in [6, 6.07) is 15.5. The number of methoxy groups -OCH3 is 2. The molecule has 0 radical (unpaired) electrons. The number of benzene rings is 3. The van der Waals surface area contributed by atoms with Gasteiger partial charge in [0.05, 0.1) is 19.8 Å². The highest BCUT2D eigenvalue weighted by molar-refractivity contribution is 7.80. The Bertz CT molecular complexity index is 1340. The highest BCUT2D eigenvalue weighted by atomic mass is 32.1. The van der Waals surface area contributed by atoms with Gasteiger partial charge in [0.2, 0.25) is 5.89 Å². The molecule has 0 saturated heterocycles. The minimum absolute atomic E-state index is 0.0393. The Morgan fingerprint density at radius 3 is 2.45 bits per heavy atom. The quantitative estimate of drug-likeness (QED) is 0.367. The lowest BCUT2D eigenvalue weighted by molar-refractivity contribution is 0.0971. The van der Waals surface area contributed by atoms with E-state index in [2.05, 4.69) is 15.6 Å². The number of rotatable bonds is 5. The van der Waals surface area contributed by atoms with Gasteiger partial charge in [-0.15, -0.1) is 0 Å². The number of amides is 1. The van der Waals surface area contributed by atoms with Crippen LogP contribution in [0.5, 0.6) is 17.2 Å². The summed E-state index contributed by atoms with van der Waals surface area (Å²) in [7, 11) is 2.93. The number of phenolic OH excluding ortho intramolecular Hbond substituents is 1. The second kappa shape index (κ2) is 9.17. The van der Waals surface area contributed by atoms with E-state index in [1.54, 1.807) is 30.3 Å². The Morgan fingerprint density at radius 2 is 1.79 bits per heavy atom. The molecule has 1 amide bonds. The first-order valence-electron chi connectivity index (χ1n) is 9.93. The minimum atomic E-state index is -0.496. The fraction of sp³-hybridized carbons (Fsp3) is 0.125. The molecule has 3 N–H and O–H groups in total. The summed E-state index contributed by atoms with van der Waals surface area (Å²) < 4.78 is 16.3. The van der Waals surface area contributed by atoms with Crippen LogP contribution in [0, 0.1) is 6.92 Å². The smallest absolute Gasteiger partial charge is 0.264 e. The van der Waals surface area contributed by atoms with Crippen molar-refractivity contribution in [3.05, 3.63) is 65.7 Å². The molecule has 0 saturated carbocycles. The van der Waals surface area contributed by atoms with Crippen molar-refractivity contribution >= 4 is 40.0 Å². The van der Waals surface area contributed by atoms with Crippen molar-refractivity contribution in [3.63, 3.8) is 0 Å². The number of hydrogen-bond donors (Lipinski definition) is 3. The highest BCUT2D eigenvalue weighted by Crippen LogP contribution is 2.33. The van der Waals surface area contributed by atoms with Crippen molar-refractivity contribution < 1.29 is 23.8 Å². The molecule has 0 unspecified atom stereocenters. The summed E-state index contributed by atoms with van der Waals surface area (Å²) in [4.78, 5) is 17.2. The summed E-state index contributed by atoms with van der Waals surface area (Å²) in [5, 5.41) is 16.0. The fourth-order valence-corrected chi connectivity index (χ4v) is 3.56. The SMILES string of the molecule is COc1cccc(OC)c1C(=O)NC(=S)Nc1ccc(-c2nc3cc(C)ccc3o2)c(O)c1. The molecule has 8 nitrogen and oxygen atoms in total. The number of thiocarbonyl (C=S) groups is 1. The van der Waals surface area contributed by atoms with Crippen LogP contribution in [0.2, 0.25) is 0 Å². The maximum absolute atomic E-state index is 12.8. The molecule has 3 aromatic carbocycles. The van der Waals surface area contributed by atoms with Crippen LogP contribution in [-0.4, -0.2) is 35.3 Å². The van der Waals surface area contributed by atoms with Crippen molar-refractivity contribution in [1.29, 1.82) is 0 Å². The summed E-state index contributed by atoms with van der Waals surface area (Å²) in [6.45, 7) is 1.97. The van der Waals surface area contributed by atoms with E-state index >= 15 is 0 Å². The van der Waals surface area contributed by atoms with E-state index in [-0.39, 0.29) is 16.4 Å². The molecular formula is C24H21N3O5S. The van der Waals surface area contributed by atoms with Crippen molar-refractivity contribution in [3.8, 4) is 28.7 Å². The zero-order valence-electron chi connectivity index (χ0n) is 18.1. The zero-order chi connectivity index (χ0) is 23.5. The van der Waals surface area contributed by atoms with Gasteiger partial charge in [0.15, 0.2) is 10.7 Å². The normalized spacial score (nSPS) is 10.6. The van der Waals surface area contributed by atoms with Crippen LogP contribution < -0.4 is 20.1 Å². The van der Waals surface area contributed by atoms with Crippen LogP contribution in [0.25, 0.3) is 22.6 Å². The molecule has 0 aliphatic carbocycles. The number of carbonyl (C=O) groups is 1. The van der Waals surface area contributed by atoms with E-state index in [4.69, 9.17) is 26.1 Å². The van der Waals surface area contributed by atoms with Crippen LogP contribution in [-0.2, 0) is 0 Å². The van der Waals surface area contributed by atoms with Crippen LogP contribution >= 0.6 is 12.2 Å². The Hall–Kier alpha value is -4.11. The Kier molecular flexibility index (Phi) is 6.14. The number of aryl methyl sites for hydroxylation is 1. The largest absolute Gasteiger partial charge is 0.507 e. The zero-order valence-corrected chi connectivity index (χ0v) is 18.9. The molecule has 1 heterocycles. The van der Waals surface area contributed by atoms with E-state index in [0.717, 1.165) is 5.56 Å². The van der Waals surface area contributed by atoms with Gasteiger partial charge in [0.25, 0.3) is 5.91 Å². The molecule has 0 aliphatic heterocycles. The number of carbonyl (C=O) groups excluding carboxylic acids is 1. The number of hydrogen-bond acceptors (Lipinski definition) is 7. The topological polar surface area (TPSA) is 106 Å². The lowest BCUT2D eigenvalue weighted by Crippen LogP contribution is -2.34. The van der Waals surface area contributed by atoms with Crippen molar-refractivity contribution in [2.24, 2.45) is 0 Å². The Balaban J connectivity index is 1.50. The molecule has 168 valence electrons. The minimum Gasteiger partial charge on any atom is -0.507 e. The van der Waals surface area contributed by atoms with Gasteiger partial charge in [-0.3, -0.25) is 10.1 Å². The molecule has 0 fully saturated rings. The lowest BCUT2D eigenvalue weighted by atomic mass is 10.1. The second-order valence-electron chi connectivity index (χ2n) is 7.17. The standard InChI is InChI=1S/C24H21N3O5S/c1-13-7-10-18-16(11-13)26-23(32-18)15-9-8-14(12-17(15)28)25-24(33)27-22(29)21-19(30-2)5-4-6-20(21)31-3/h4-12,28H,1-3H3,(H2,25,27,29,33). The van der Waals surface area contributed by atoms with Crippen molar-refractivity contribution in [2.75, 3.05) is 19.5 Å². The predicted molar refractivity (Wildman–Crippen MR) is 129 cm³/mol. The van der Waals surface area contributed by atoms with Gasteiger partial charge < -0.3 is 24.3 Å². The average Bonchev–Trinajstić information content (AvgIpc) is 3.21. The number of nitrogens with zero attached hydrogens (tertiary/aromatic N) is 1. The number of oxazole rings is 1. The van der Waals surface area contributed by atoms with Crippen LogP contribution in [0.3, 0.4) is 0 Å². The summed E-state index contributed by atoms with van der Waals surface area (Å²) in [5.41, 5.74) is 3.53. The predicted octanol–water partition coefficient (Wildman–Crippen LogP) is 4.65. The lowest BCUT2D eigenvalue weighted by Gasteiger charge is -2.14. The first-order chi connectivity index (χ1) is 15.9. The molecule has 33 heavy (non-hydrogen) atoms. The first kappa shape index (κ1) is 22.1. The summed E-state index contributed by atoms with van der Waals surface area (Å²) in [6.07, 6.45) is 0. The van der Waals surface area contributed by atoms with E-state index in [9.17, 15) is 9.90 Å². The maximum Gasteiger partial charge on any atom is 0.264 e. The Labute approximate surface area is 195 Å². The van der Waals surface area contributed by atoms with E-state index in [1.807, 2.05) is 25.1 Å². The number of aromatic hydroxyl groups is 1. The third kappa shape index (κ3) is 4.58. The van der Waals surface area contributed by atoms with Gasteiger partial charge in [-0.05, 0) is 61.1 Å². The molecule has 0 atom stereocenters. The van der Waals surface area contributed by atoms with E-state index in [1.165, 1.54) is 20.3 Å². The molecule has 0 bridgehead atoms. The number of ether oxygens (including phenoxy) is 2. The third-order valence-corrected chi connectivity index (χ3v) is 5.12. The van der Waals surface area contributed by atoms with Gasteiger partial charge in [0.1, 0.15) is 28.3 Å². The monoisotopic (exact) mass is 463 g/mol. The first-order valence-corrected chi connectivity index (χ1v) is 10.3. The number of aromatic nitrogens is 1. The van der Waals surface area contributed by atoms with Gasteiger partial charge in [0, 0.05) is 11.8 Å². The van der Waals surface area contributed by atoms with Crippen molar-refractivity contribution in [2.45, 2.75) is 6.92 Å². The second-order valence-corrected chi connectivity index (χ2v) is 7.58. The molecule has 4 aromatic rings. The number of fused-ring (bicyclic) bond motifs is 1. The number of anilines is 1. The highest BCUT2D eigenvalue weighted by Gasteiger charge is 2.19. The van der Waals surface area contributed by atoms with Gasteiger partial charge in [-0.2, -0.15) is 0 Å². The number of nitrogens with one attached hydrogen (secondary N) is 2. The van der Waals surface area contributed by atoms with Crippen LogP contribution in [0.1, 0.15) is 15.9 Å². The molecule has 4 rings (SSSR count). The van der Waals surface area contributed by atoms with E-state index in [0.29, 0.717) is 39.7 Å². The molecule has 1 aromatic heterocycles. The van der Waals surface area contributed by atoms with Gasteiger partial charge in [-0.25, -0.2) is 4.98 Å². The van der Waals surface area contributed by atoms with Gasteiger partial charge >= 0.3 is 0 Å². The maximum atomic E-state index is 12.8.